The second-order valence-corrected chi connectivity index (χ2v) is 19.3. The molecule has 66 heavy (non-hydrogen) atoms. The third kappa shape index (κ3) is 36.4. The van der Waals surface area contributed by atoms with Crippen LogP contribution in [0.5, 0.6) is 0 Å². The molecule has 0 aromatic carbocycles. The topological polar surface area (TPSA) is 186 Å². The molecule has 1 saturated heterocycles. The van der Waals surface area contributed by atoms with Crippen molar-refractivity contribution in [1.82, 2.24) is 0 Å². The minimum absolute atomic E-state index is 0.147. The van der Waals surface area contributed by atoms with Gasteiger partial charge in [0.15, 0.2) is 12.4 Å². The number of hydrogen-bond donors (Lipinski definition) is 4. The first kappa shape index (κ1) is 61.4. The van der Waals surface area contributed by atoms with Gasteiger partial charge in [0.05, 0.1) is 6.61 Å². The first-order valence-corrected chi connectivity index (χ1v) is 27.5. The lowest BCUT2D eigenvalue weighted by Crippen LogP contribution is -2.60. The van der Waals surface area contributed by atoms with E-state index in [9.17, 15) is 37.9 Å². The first-order valence-electron chi connectivity index (χ1n) is 25.8. The van der Waals surface area contributed by atoms with Gasteiger partial charge in [-0.1, -0.05) is 171 Å². The van der Waals surface area contributed by atoms with Crippen molar-refractivity contribution in [2.75, 3.05) is 19.0 Å². The van der Waals surface area contributed by atoms with Crippen molar-refractivity contribution < 1.29 is 56.8 Å². The predicted octanol–water partition coefficient (Wildman–Crippen LogP) is 11.7. The van der Waals surface area contributed by atoms with Gasteiger partial charge in [0, 0.05) is 12.8 Å². The van der Waals surface area contributed by atoms with Crippen molar-refractivity contribution in [1.29, 1.82) is 0 Å². The first-order chi connectivity index (χ1) is 32.0. The molecule has 0 aromatic heterocycles. The van der Waals surface area contributed by atoms with E-state index >= 15 is 0 Å². The van der Waals surface area contributed by atoms with Gasteiger partial charge in [-0.25, -0.2) is 0 Å². The standard InChI is InChI=1S/C53H92O12S/c1-3-5-7-9-11-13-15-17-19-21-23-25-27-29-31-33-35-37-39-41-48(54)62-43-46(44-63-53-52(58)51(57)50(56)47(65-53)45-66(59,60)61)64-49(55)42-40-38-36-34-32-30-28-26-24-22-20-18-16-14-12-10-8-6-4-2/h11-14,17-20,24,26,46-47,50-53,56-58H,3-10,15-16,21-23,25,27-45H2,1-2H3,(H,59,60,61)/b13-11-,14-12-,19-17-,20-18-,26-24-. The Morgan fingerprint density at radius 1 is 0.515 bits per heavy atom. The highest BCUT2D eigenvalue weighted by molar-refractivity contribution is 7.85. The maximum atomic E-state index is 12.9. The second-order valence-electron chi connectivity index (χ2n) is 17.8. The van der Waals surface area contributed by atoms with E-state index in [4.69, 9.17) is 18.9 Å². The summed E-state index contributed by atoms with van der Waals surface area (Å²) in [7, 11) is -4.61. The monoisotopic (exact) mass is 953 g/mol. The summed E-state index contributed by atoms with van der Waals surface area (Å²) in [6.07, 6.45) is 43.9. The second kappa shape index (κ2) is 42.5. The van der Waals surface area contributed by atoms with Crippen molar-refractivity contribution in [3.05, 3.63) is 60.8 Å². The largest absolute Gasteiger partial charge is 0.462 e. The van der Waals surface area contributed by atoms with Crippen LogP contribution in [0.15, 0.2) is 60.8 Å². The number of unbranched alkanes of at least 4 members (excludes halogenated alkanes) is 21. The van der Waals surface area contributed by atoms with Crippen LogP contribution in [0, 0.1) is 0 Å². The van der Waals surface area contributed by atoms with Gasteiger partial charge in [-0.15, -0.1) is 0 Å². The molecule has 0 bridgehead atoms. The summed E-state index contributed by atoms with van der Waals surface area (Å²) in [5.41, 5.74) is 0. The van der Waals surface area contributed by atoms with E-state index in [2.05, 4.69) is 74.6 Å². The van der Waals surface area contributed by atoms with Crippen LogP contribution in [0.2, 0.25) is 0 Å². The van der Waals surface area contributed by atoms with Crippen LogP contribution in [0.25, 0.3) is 0 Å². The molecule has 1 heterocycles. The summed E-state index contributed by atoms with van der Waals surface area (Å²) in [4.78, 5) is 25.5. The molecular formula is C53H92O12S. The fraction of sp³-hybridized carbons (Fsp3) is 0.774. The van der Waals surface area contributed by atoms with E-state index < -0.39 is 71.2 Å². The van der Waals surface area contributed by atoms with Gasteiger partial charge in [-0.05, 0) is 83.5 Å². The molecule has 0 spiro atoms. The zero-order chi connectivity index (χ0) is 48.4. The lowest BCUT2D eigenvalue weighted by molar-refractivity contribution is -0.297. The molecule has 382 valence electrons. The third-order valence-corrected chi connectivity index (χ3v) is 12.3. The maximum absolute atomic E-state index is 12.9. The Morgan fingerprint density at radius 2 is 0.909 bits per heavy atom. The Labute approximate surface area is 400 Å². The molecule has 1 aliphatic rings. The van der Waals surface area contributed by atoms with Crippen LogP contribution in [-0.2, 0) is 38.7 Å². The van der Waals surface area contributed by atoms with E-state index in [0.717, 1.165) is 83.5 Å². The van der Waals surface area contributed by atoms with Gasteiger partial charge in [0.1, 0.15) is 36.8 Å². The third-order valence-electron chi connectivity index (χ3n) is 11.6. The summed E-state index contributed by atoms with van der Waals surface area (Å²) in [6.45, 7) is 3.71. The van der Waals surface area contributed by atoms with Crippen LogP contribution in [0.4, 0.5) is 0 Å². The van der Waals surface area contributed by atoms with Gasteiger partial charge in [0.25, 0.3) is 10.1 Å². The number of allylic oxidation sites excluding steroid dienone is 10. The number of ether oxygens (including phenoxy) is 4. The minimum Gasteiger partial charge on any atom is -0.462 e. The average Bonchev–Trinajstić information content (AvgIpc) is 3.28. The van der Waals surface area contributed by atoms with Gasteiger partial charge in [-0.3, -0.25) is 14.1 Å². The maximum Gasteiger partial charge on any atom is 0.306 e. The summed E-state index contributed by atoms with van der Waals surface area (Å²) in [5.74, 6) is -2.01. The van der Waals surface area contributed by atoms with Crippen molar-refractivity contribution in [3.63, 3.8) is 0 Å². The molecule has 13 heteroatoms. The fourth-order valence-corrected chi connectivity index (χ4v) is 8.23. The molecule has 1 rings (SSSR count). The van der Waals surface area contributed by atoms with Crippen molar-refractivity contribution in [3.8, 4) is 0 Å². The SMILES string of the molecule is CCCCC/C=C\C/C=C\C/C=C\CCCCCCCCC(=O)OC(COC(=O)CCCCCCCCCCC/C=C\C/C=C\CCCCC)COC1OC(CS(=O)(=O)O)C(O)C(O)C1O. The molecule has 0 saturated carbocycles. The summed E-state index contributed by atoms with van der Waals surface area (Å²) in [5, 5.41) is 31.0. The smallest absolute Gasteiger partial charge is 0.306 e. The van der Waals surface area contributed by atoms with Gasteiger partial charge < -0.3 is 34.3 Å². The number of rotatable bonds is 43. The van der Waals surface area contributed by atoms with Gasteiger partial charge in [-0.2, -0.15) is 8.42 Å². The number of aliphatic hydroxyl groups is 3. The van der Waals surface area contributed by atoms with E-state index in [1.807, 2.05) is 0 Å². The Kier molecular flexibility index (Phi) is 39.5. The molecule has 12 nitrogen and oxygen atoms in total. The Balaban J connectivity index is 2.39. The molecule has 0 amide bonds. The molecule has 1 aliphatic heterocycles. The van der Waals surface area contributed by atoms with Crippen molar-refractivity contribution in [2.24, 2.45) is 0 Å². The van der Waals surface area contributed by atoms with Crippen molar-refractivity contribution in [2.45, 2.75) is 243 Å². The van der Waals surface area contributed by atoms with E-state index in [1.165, 1.54) is 83.5 Å². The summed E-state index contributed by atoms with van der Waals surface area (Å²) in [6, 6.07) is 0. The fourth-order valence-electron chi connectivity index (χ4n) is 7.54. The Hall–Kier alpha value is -2.65. The van der Waals surface area contributed by atoms with E-state index in [-0.39, 0.29) is 19.4 Å². The molecule has 0 radical (unpaired) electrons. The zero-order valence-electron chi connectivity index (χ0n) is 41.0. The highest BCUT2D eigenvalue weighted by atomic mass is 32.2. The number of hydrogen-bond acceptors (Lipinski definition) is 11. The number of esters is 2. The lowest BCUT2D eigenvalue weighted by Gasteiger charge is -2.40. The minimum atomic E-state index is -4.61. The molecular weight excluding hydrogens is 861 g/mol. The highest BCUT2D eigenvalue weighted by Crippen LogP contribution is 2.24. The molecule has 6 atom stereocenters. The van der Waals surface area contributed by atoms with Crippen molar-refractivity contribution >= 4 is 22.1 Å². The van der Waals surface area contributed by atoms with Gasteiger partial charge >= 0.3 is 11.9 Å². The number of aliphatic hydroxyl groups excluding tert-OH is 3. The summed E-state index contributed by atoms with van der Waals surface area (Å²) >= 11 is 0. The number of carbonyl (C=O) groups excluding carboxylic acids is 2. The summed E-state index contributed by atoms with van der Waals surface area (Å²) < 4.78 is 54.2. The Bertz CT molecular complexity index is 1440. The van der Waals surface area contributed by atoms with Crippen LogP contribution < -0.4 is 0 Å². The molecule has 4 N–H and O–H groups in total. The van der Waals surface area contributed by atoms with Gasteiger partial charge in [0.2, 0.25) is 0 Å². The lowest BCUT2D eigenvalue weighted by atomic mass is 10.00. The molecule has 0 aliphatic carbocycles. The number of carbonyl (C=O) groups is 2. The normalized spacial score (nSPS) is 19.9. The Morgan fingerprint density at radius 3 is 1.35 bits per heavy atom. The quantitative estimate of drug-likeness (QED) is 0.0196. The zero-order valence-corrected chi connectivity index (χ0v) is 41.9. The highest BCUT2D eigenvalue weighted by Gasteiger charge is 2.46. The van der Waals surface area contributed by atoms with Crippen LogP contribution in [0.3, 0.4) is 0 Å². The van der Waals surface area contributed by atoms with Crippen LogP contribution >= 0.6 is 0 Å². The molecule has 6 unspecified atom stereocenters. The predicted molar refractivity (Wildman–Crippen MR) is 265 cm³/mol. The average molecular weight is 953 g/mol. The van der Waals surface area contributed by atoms with E-state index in [1.54, 1.807) is 0 Å². The van der Waals surface area contributed by atoms with Crippen LogP contribution in [0.1, 0.15) is 206 Å². The molecule has 1 fully saturated rings. The molecule has 0 aromatic rings. The van der Waals surface area contributed by atoms with E-state index in [0.29, 0.717) is 12.8 Å². The van der Waals surface area contributed by atoms with Crippen LogP contribution in [-0.4, -0.2) is 96.0 Å².